The van der Waals surface area contributed by atoms with E-state index in [1.165, 1.54) is 19.2 Å². The molecule has 0 aromatic heterocycles. The van der Waals surface area contributed by atoms with Crippen molar-refractivity contribution in [3.05, 3.63) is 64.7 Å². The van der Waals surface area contributed by atoms with E-state index in [4.69, 9.17) is 14.6 Å². The molecule has 0 spiro atoms. The van der Waals surface area contributed by atoms with Crippen LogP contribution in [0.4, 0.5) is 0 Å². The van der Waals surface area contributed by atoms with Crippen LogP contribution in [-0.2, 0) is 16.2 Å². The molecule has 0 bridgehead atoms. The molecule has 0 aliphatic carbocycles. The summed E-state index contributed by atoms with van der Waals surface area (Å²) in [5.41, 5.74) is 2.11. The van der Waals surface area contributed by atoms with Gasteiger partial charge in [0.1, 0.15) is 23.9 Å². The van der Waals surface area contributed by atoms with E-state index in [9.17, 15) is 20.0 Å². The SMILES string of the molecule is COc1cc(C)c(C#N)c(COc2cccc(C(O)=CC(=O)C(=O)O)c2)c1. The zero-order valence-corrected chi connectivity index (χ0v) is 14.7. The largest absolute Gasteiger partial charge is 0.507 e. The van der Waals surface area contributed by atoms with Crippen LogP contribution in [0.2, 0.25) is 0 Å². The lowest BCUT2D eigenvalue weighted by Gasteiger charge is -2.12. The Labute approximate surface area is 155 Å². The Bertz CT molecular complexity index is 955. The van der Waals surface area contributed by atoms with Gasteiger partial charge in [-0.2, -0.15) is 5.26 Å². The molecular formula is C20H17NO6. The molecule has 138 valence electrons. The number of ether oxygens (including phenoxy) is 2. The molecule has 0 saturated heterocycles. The standard InChI is InChI=1S/C20H17NO6/c1-12-6-16(26-2)8-14(17(12)10-21)11-27-15-5-3-4-13(7-15)18(22)9-19(23)20(24)25/h3-9,22H,11H2,1-2H3,(H,24,25). The Morgan fingerprint density at radius 1 is 1.19 bits per heavy atom. The second-order valence-corrected chi connectivity index (χ2v) is 5.61. The van der Waals surface area contributed by atoms with Gasteiger partial charge in [-0.15, -0.1) is 0 Å². The van der Waals surface area contributed by atoms with E-state index >= 15 is 0 Å². The predicted octanol–water partition coefficient (Wildman–Crippen LogP) is 3.01. The van der Waals surface area contributed by atoms with Gasteiger partial charge >= 0.3 is 5.97 Å². The van der Waals surface area contributed by atoms with Crippen molar-refractivity contribution in [3.8, 4) is 17.6 Å². The van der Waals surface area contributed by atoms with Crippen molar-refractivity contribution in [1.29, 1.82) is 5.26 Å². The number of rotatable bonds is 7. The first-order valence-electron chi connectivity index (χ1n) is 7.84. The number of carboxylic acid groups (broad SMARTS) is 1. The summed E-state index contributed by atoms with van der Waals surface area (Å²) >= 11 is 0. The summed E-state index contributed by atoms with van der Waals surface area (Å²) in [5, 5.41) is 27.8. The van der Waals surface area contributed by atoms with E-state index in [2.05, 4.69) is 6.07 Å². The molecule has 27 heavy (non-hydrogen) atoms. The van der Waals surface area contributed by atoms with Gasteiger partial charge in [-0.05, 0) is 36.8 Å². The second kappa shape index (κ2) is 8.54. The molecule has 2 aromatic rings. The maximum Gasteiger partial charge on any atom is 0.376 e. The number of nitrogens with zero attached hydrogens (tertiary/aromatic N) is 1. The van der Waals surface area contributed by atoms with Crippen molar-refractivity contribution in [2.45, 2.75) is 13.5 Å². The Hall–Kier alpha value is -3.79. The molecule has 0 atom stereocenters. The number of aryl methyl sites for hydroxylation is 1. The van der Waals surface area contributed by atoms with Crippen molar-refractivity contribution in [3.63, 3.8) is 0 Å². The summed E-state index contributed by atoms with van der Waals surface area (Å²) in [7, 11) is 1.53. The van der Waals surface area contributed by atoms with Crippen LogP contribution in [0.1, 0.15) is 22.3 Å². The lowest BCUT2D eigenvalue weighted by atomic mass is 10.0. The zero-order valence-electron chi connectivity index (χ0n) is 14.7. The van der Waals surface area contributed by atoms with Crippen LogP contribution >= 0.6 is 0 Å². The molecule has 2 N–H and O–H groups in total. The monoisotopic (exact) mass is 367 g/mol. The first-order chi connectivity index (χ1) is 12.8. The maximum absolute atomic E-state index is 11.2. The van der Waals surface area contributed by atoms with Gasteiger partial charge in [0.25, 0.3) is 5.78 Å². The first kappa shape index (κ1) is 19.5. The number of aliphatic hydroxyl groups is 1. The minimum absolute atomic E-state index is 0.0862. The Kier molecular flexibility index (Phi) is 6.18. The van der Waals surface area contributed by atoms with Gasteiger partial charge in [-0.1, -0.05) is 12.1 Å². The number of aliphatic carboxylic acids is 1. The third kappa shape index (κ3) is 4.86. The van der Waals surface area contributed by atoms with Crippen molar-refractivity contribution in [2.75, 3.05) is 7.11 Å². The van der Waals surface area contributed by atoms with E-state index in [-0.39, 0.29) is 12.2 Å². The number of carbonyl (C=O) groups excluding carboxylic acids is 1. The van der Waals surface area contributed by atoms with Crippen LogP contribution in [0, 0.1) is 18.3 Å². The Morgan fingerprint density at radius 3 is 2.56 bits per heavy atom. The fourth-order valence-electron chi connectivity index (χ4n) is 2.39. The van der Waals surface area contributed by atoms with Crippen molar-refractivity contribution in [2.24, 2.45) is 0 Å². The maximum atomic E-state index is 11.2. The summed E-state index contributed by atoms with van der Waals surface area (Å²) in [6.45, 7) is 1.89. The predicted molar refractivity (Wildman–Crippen MR) is 96.5 cm³/mol. The molecule has 7 heteroatoms. The highest BCUT2D eigenvalue weighted by molar-refractivity contribution is 6.38. The van der Waals surface area contributed by atoms with Crippen LogP contribution in [0.5, 0.6) is 11.5 Å². The van der Waals surface area contributed by atoms with Crippen LogP contribution in [0.15, 0.2) is 42.5 Å². The van der Waals surface area contributed by atoms with Gasteiger partial charge < -0.3 is 19.7 Å². The average molecular weight is 367 g/mol. The first-order valence-corrected chi connectivity index (χ1v) is 7.84. The highest BCUT2D eigenvalue weighted by Gasteiger charge is 2.12. The molecule has 0 unspecified atom stereocenters. The van der Waals surface area contributed by atoms with Gasteiger partial charge in [0.05, 0.1) is 18.7 Å². The van der Waals surface area contributed by atoms with Gasteiger partial charge in [-0.3, -0.25) is 4.79 Å². The second-order valence-electron chi connectivity index (χ2n) is 5.61. The molecule has 7 nitrogen and oxygen atoms in total. The minimum Gasteiger partial charge on any atom is -0.507 e. The third-order valence-electron chi connectivity index (χ3n) is 3.74. The average Bonchev–Trinajstić information content (AvgIpc) is 2.65. The van der Waals surface area contributed by atoms with E-state index < -0.39 is 17.5 Å². The molecule has 2 aromatic carbocycles. The quantitative estimate of drug-likeness (QED) is 0.439. The molecule has 0 aliphatic rings. The lowest BCUT2D eigenvalue weighted by Crippen LogP contribution is -2.09. The van der Waals surface area contributed by atoms with Gasteiger partial charge in [0, 0.05) is 17.2 Å². The number of ketones is 1. The third-order valence-corrected chi connectivity index (χ3v) is 3.74. The number of benzene rings is 2. The molecule has 0 saturated carbocycles. The summed E-state index contributed by atoms with van der Waals surface area (Å²) in [6, 6.07) is 11.8. The normalized spacial score (nSPS) is 10.8. The minimum atomic E-state index is -1.66. The summed E-state index contributed by atoms with van der Waals surface area (Å²) in [4.78, 5) is 21.7. The van der Waals surface area contributed by atoms with E-state index in [0.29, 0.717) is 28.7 Å². The Balaban J connectivity index is 2.23. The van der Waals surface area contributed by atoms with Gasteiger partial charge in [-0.25, -0.2) is 4.79 Å². The van der Waals surface area contributed by atoms with E-state index in [1.54, 1.807) is 31.2 Å². The van der Waals surface area contributed by atoms with E-state index in [1.807, 2.05) is 0 Å². The smallest absolute Gasteiger partial charge is 0.376 e. The molecular weight excluding hydrogens is 350 g/mol. The molecule has 0 amide bonds. The number of nitriles is 1. The van der Waals surface area contributed by atoms with E-state index in [0.717, 1.165) is 5.56 Å². The number of carbonyl (C=O) groups is 2. The number of hydrogen-bond acceptors (Lipinski definition) is 6. The Morgan fingerprint density at radius 2 is 1.93 bits per heavy atom. The molecule has 0 radical (unpaired) electrons. The lowest BCUT2D eigenvalue weighted by molar-refractivity contribution is -0.146. The molecule has 0 fully saturated rings. The van der Waals surface area contributed by atoms with Crippen LogP contribution in [0.3, 0.4) is 0 Å². The molecule has 2 rings (SSSR count). The highest BCUT2D eigenvalue weighted by Crippen LogP contribution is 2.24. The fraction of sp³-hybridized carbons (Fsp3) is 0.150. The topological polar surface area (TPSA) is 117 Å². The van der Waals surface area contributed by atoms with Gasteiger partial charge in [0.2, 0.25) is 0 Å². The summed E-state index contributed by atoms with van der Waals surface area (Å²) in [5.74, 6) is -2.40. The van der Waals surface area contributed by atoms with Crippen LogP contribution in [0.25, 0.3) is 5.76 Å². The highest BCUT2D eigenvalue weighted by atomic mass is 16.5. The van der Waals surface area contributed by atoms with Crippen LogP contribution < -0.4 is 9.47 Å². The van der Waals surface area contributed by atoms with Crippen molar-refractivity contribution in [1.82, 2.24) is 0 Å². The number of aliphatic hydroxyl groups excluding tert-OH is 1. The van der Waals surface area contributed by atoms with Crippen molar-refractivity contribution >= 4 is 17.5 Å². The number of methoxy groups -OCH3 is 1. The van der Waals surface area contributed by atoms with Crippen molar-refractivity contribution < 1.29 is 29.3 Å². The molecule has 0 heterocycles. The summed E-state index contributed by atoms with van der Waals surface area (Å²) in [6.07, 6.45) is 0.626. The number of hydrogen-bond donors (Lipinski definition) is 2. The molecule has 0 aliphatic heterocycles. The summed E-state index contributed by atoms with van der Waals surface area (Å²) < 4.78 is 10.9. The fourth-order valence-corrected chi connectivity index (χ4v) is 2.39. The zero-order chi connectivity index (χ0) is 20.0. The van der Waals surface area contributed by atoms with Gasteiger partial charge in [0.15, 0.2) is 0 Å². The van der Waals surface area contributed by atoms with Crippen LogP contribution in [-0.4, -0.2) is 29.1 Å². The number of carboxylic acids is 1.